The van der Waals surface area contributed by atoms with Crippen LogP contribution in [0.2, 0.25) is 0 Å². The predicted molar refractivity (Wildman–Crippen MR) is 116 cm³/mol. The maximum Gasteiger partial charge on any atom is 0.250 e. The first kappa shape index (κ1) is 45.9. The number of esters is 2. The van der Waals surface area contributed by atoms with Crippen molar-refractivity contribution in [3.05, 3.63) is 13.1 Å². The molecule has 0 aliphatic carbocycles. The fraction of sp³-hybridized carbons (Fsp3) is 0.667. The number of nitrogens with one attached hydrogen (secondary N) is 2. The Labute approximate surface area is 255 Å². The SMILES string of the molecule is C.CCOC(=O)[CH-]NP(C)(=O)N[CH-]C(=O)OCC.CP(=O)(Cl)Cl.CP(N)(N)=O.[Pr].[Pr]. The van der Waals surface area contributed by atoms with Crippen LogP contribution in [-0.4, -0.2) is 45.1 Å². The van der Waals surface area contributed by atoms with Crippen LogP contribution in [0.3, 0.4) is 0 Å². The minimum Gasteiger partial charge on any atom is -0.487 e. The third kappa shape index (κ3) is 63.2. The summed E-state index contributed by atoms with van der Waals surface area (Å²) in [4.78, 5) is 21.9. The van der Waals surface area contributed by atoms with Gasteiger partial charge >= 0.3 is 0 Å². The van der Waals surface area contributed by atoms with Gasteiger partial charge in [0.15, 0.2) is 19.4 Å². The topological polar surface area (TPSA) is 180 Å². The number of halogens is 2. The summed E-state index contributed by atoms with van der Waals surface area (Å²) < 4.78 is 40.4. The second kappa shape index (κ2) is 24.6. The molecule has 0 unspecified atom stereocenters. The molecule has 0 aliphatic rings. The van der Waals surface area contributed by atoms with Crippen LogP contribution in [0.15, 0.2) is 0 Å². The van der Waals surface area contributed by atoms with Crippen LogP contribution in [0.1, 0.15) is 21.3 Å². The molecule has 0 saturated heterocycles. The Balaban J connectivity index is -0.0000000930. The van der Waals surface area contributed by atoms with Crippen LogP contribution in [0.25, 0.3) is 0 Å². The van der Waals surface area contributed by atoms with Gasteiger partial charge in [-0.25, -0.2) is 13.1 Å². The first-order valence-electron chi connectivity index (χ1n) is 7.15. The fourth-order valence-corrected chi connectivity index (χ4v) is 1.53. The summed E-state index contributed by atoms with van der Waals surface area (Å²) in [7, 11) is -5.70. The average Bonchev–Trinajstić information content (AvgIpc) is 2.40. The molecule has 0 saturated carbocycles. The maximum atomic E-state index is 11.7. The van der Waals surface area contributed by atoms with Gasteiger partial charge in [0.1, 0.15) is 0 Å². The smallest absolute Gasteiger partial charge is 0.250 e. The van der Waals surface area contributed by atoms with Crippen molar-refractivity contribution in [2.24, 2.45) is 11.0 Å². The zero-order valence-electron chi connectivity index (χ0n) is 16.8. The third-order valence-electron chi connectivity index (χ3n) is 1.43. The first-order valence-corrected chi connectivity index (χ1v) is 15.6. The average molecular weight is 789 g/mol. The van der Waals surface area contributed by atoms with Crippen molar-refractivity contribution in [2.75, 3.05) is 33.2 Å². The van der Waals surface area contributed by atoms with E-state index in [9.17, 15) is 23.3 Å². The molecule has 2 radical (unpaired) electrons. The number of hydrogen-bond donors (Lipinski definition) is 4. The molecule has 0 amide bonds. The molecule has 0 rings (SSSR count). The minimum atomic E-state index is -3.06. The second-order valence-electron chi connectivity index (χ2n) is 4.76. The summed E-state index contributed by atoms with van der Waals surface area (Å²) in [6.45, 7) is 9.54. The number of hydrogen-bond acceptors (Lipinski definition) is 7. The van der Waals surface area contributed by atoms with Crippen LogP contribution < -0.4 is 21.2 Å². The largest absolute Gasteiger partial charge is 0.487 e. The number of ether oxygens (including phenoxy) is 2. The van der Waals surface area contributed by atoms with Crippen molar-refractivity contribution in [2.45, 2.75) is 21.3 Å². The van der Waals surface area contributed by atoms with Gasteiger partial charge in [0.05, 0.1) is 13.2 Å². The van der Waals surface area contributed by atoms with E-state index in [1.54, 1.807) is 13.8 Å². The number of rotatable bonds is 8. The van der Waals surface area contributed by atoms with Crippen LogP contribution in [0.5, 0.6) is 0 Å². The molecule has 0 heterocycles. The molecule has 0 fully saturated rings. The zero-order chi connectivity index (χ0) is 22.3. The van der Waals surface area contributed by atoms with Crippen molar-refractivity contribution in [1.29, 1.82) is 0 Å². The quantitative estimate of drug-likeness (QED) is 0.161. The summed E-state index contributed by atoms with van der Waals surface area (Å²) in [6.07, 6.45) is 0. The van der Waals surface area contributed by atoms with Gasteiger partial charge in [-0.1, -0.05) is 7.43 Å². The molecule has 0 aliphatic heterocycles. The van der Waals surface area contributed by atoms with E-state index in [4.69, 9.17) is 22.5 Å². The molecule has 0 aromatic carbocycles. The minimum absolute atomic E-state index is 0. The Morgan fingerprint density at radius 3 is 1.23 bits per heavy atom. The molecule has 30 heavy (non-hydrogen) atoms. The third-order valence-corrected chi connectivity index (χ3v) is 2.67. The van der Waals surface area contributed by atoms with Crippen molar-refractivity contribution in [3.8, 4) is 0 Å². The molecular weight excluding hydrogens is 758 g/mol. The number of carbonyl (C=O) groups is 2. The van der Waals surface area contributed by atoms with Gasteiger partial charge in [-0.3, -0.25) is 34.3 Å². The maximum absolute atomic E-state index is 11.7. The van der Waals surface area contributed by atoms with Gasteiger partial charge in [-0.05, 0) is 36.3 Å². The summed E-state index contributed by atoms with van der Waals surface area (Å²) in [5.41, 5.74) is 9.38. The van der Waals surface area contributed by atoms with E-state index in [0.29, 0.717) is 0 Å². The molecule has 0 spiro atoms. The van der Waals surface area contributed by atoms with Gasteiger partial charge < -0.3 is 19.6 Å². The van der Waals surface area contributed by atoms with Crippen LogP contribution >= 0.6 is 43.2 Å². The summed E-state index contributed by atoms with van der Waals surface area (Å²) in [6, 6.07) is 0. The van der Waals surface area contributed by atoms with Crippen molar-refractivity contribution < 1.29 is 115 Å². The first-order chi connectivity index (χ1) is 11.9. The van der Waals surface area contributed by atoms with E-state index >= 15 is 0 Å². The van der Waals surface area contributed by atoms with E-state index in [1.165, 1.54) is 20.0 Å². The summed E-state index contributed by atoms with van der Waals surface area (Å²) in [5.74, 6) is -3.96. The van der Waals surface area contributed by atoms with Crippen molar-refractivity contribution >= 4 is 55.2 Å². The van der Waals surface area contributed by atoms with E-state index in [0.717, 1.165) is 13.1 Å². The van der Waals surface area contributed by atoms with E-state index in [1.807, 2.05) is 0 Å². The summed E-state index contributed by atoms with van der Waals surface area (Å²) >= 11 is 9.70. The Kier molecular flexibility index (Phi) is 37.7. The Bertz CT molecular complexity index is 532. The van der Waals surface area contributed by atoms with E-state index in [-0.39, 0.29) is 103 Å². The molecule has 11 nitrogen and oxygen atoms in total. The van der Waals surface area contributed by atoms with E-state index < -0.39 is 32.7 Å². The van der Waals surface area contributed by atoms with Crippen LogP contribution in [0, 0.1) is 95.7 Å². The second-order valence-corrected chi connectivity index (χ2v) is 15.1. The molecule has 0 bridgehead atoms. The van der Waals surface area contributed by atoms with Crippen molar-refractivity contribution in [3.63, 3.8) is 0 Å². The Hall–Kier alpha value is 2.52. The van der Waals surface area contributed by atoms with Crippen LogP contribution in [-0.2, 0) is 32.8 Å². The molecule has 6 N–H and O–H groups in total. The monoisotopic (exact) mass is 788 g/mol. The zero-order valence-corrected chi connectivity index (χ0v) is 28.4. The summed E-state index contributed by atoms with van der Waals surface area (Å²) in [5, 5.41) is 4.69. The molecular formula is C12H31Cl2N4O7P3Pr2-2. The molecule has 0 atom stereocenters. The molecule has 0 aromatic rings. The normalized spacial score (nSPS) is 9.90. The van der Waals surface area contributed by atoms with Gasteiger partial charge in [0.2, 0.25) is 13.3 Å². The number of carbonyl (C=O) groups excluding carboxylic acids is 2. The fourth-order valence-electron chi connectivity index (χ4n) is 0.757. The standard InChI is InChI=1S/C9H17N2O5P.CH3Cl2OP.CH7N2OP.CH4.2Pr/c1-4-15-8(12)6-10-17(3,14)11-7-9(13)16-5-2;2*1-5(2,3)4;;;/h6-7H,4-5H2,1-3H3,(H2,10,11,14);1H3;1H3,(H4,2,3,4);1H4;;/q-2;;;;;. The van der Waals surface area contributed by atoms with Gasteiger partial charge in [0, 0.05) is 103 Å². The van der Waals surface area contributed by atoms with Crippen molar-refractivity contribution in [1.82, 2.24) is 10.2 Å². The predicted octanol–water partition coefficient (Wildman–Crippen LogP) is 3.09. The molecule has 178 valence electrons. The van der Waals surface area contributed by atoms with Gasteiger partial charge in [0.25, 0.3) is 0 Å². The molecule has 0 aromatic heterocycles. The van der Waals surface area contributed by atoms with Crippen LogP contribution in [0.4, 0.5) is 0 Å². The van der Waals surface area contributed by atoms with Gasteiger partial charge in [-0.15, -0.1) is 0 Å². The Morgan fingerprint density at radius 1 is 0.867 bits per heavy atom. The van der Waals surface area contributed by atoms with Gasteiger partial charge in [-0.2, -0.15) is 0 Å². The molecule has 18 heteroatoms. The Morgan fingerprint density at radius 2 is 1.07 bits per heavy atom. The number of nitrogens with two attached hydrogens (primary N) is 2. The van der Waals surface area contributed by atoms with E-state index in [2.05, 4.69) is 30.7 Å².